The molecular weight excluding hydrogens is 248 g/mol. The van der Waals surface area contributed by atoms with Gasteiger partial charge in [-0.15, -0.1) is 0 Å². The first-order valence-corrected chi connectivity index (χ1v) is 6.10. The van der Waals surface area contributed by atoms with E-state index in [2.05, 4.69) is 10.3 Å². The Labute approximate surface area is 98.7 Å². The van der Waals surface area contributed by atoms with Crippen LogP contribution in [0, 0.1) is 13.8 Å². The lowest BCUT2D eigenvalue weighted by molar-refractivity contribution is 0.315. The van der Waals surface area contributed by atoms with Crippen LogP contribution in [0.4, 0.5) is 0 Å². The molecule has 0 bridgehead atoms. The van der Waals surface area contributed by atoms with Gasteiger partial charge in [0.1, 0.15) is 10.6 Å². The van der Waals surface area contributed by atoms with Gasteiger partial charge in [-0.2, -0.15) is 4.31 Å². The highest BCUT2D eigenvalue weighted by Crippen LogP contribution is 2.21. The lowest BCUT2D eigenvalue weighted by atomic mass is 10.4. The molecule has 0 amide bonds. The van der Waals surface area contributed by atoms with Crippen molar-refractivity contribution >= 4 is 15.9 Å². The number of nitrogens with zero attached hydrogens (tertiary/aromatic N) is 3. The van der Waals surface area contributed by atoms with E-state index in [9.17, 15) is 8.42 Å². The van der Waals surface area contributed by atoms with Crippen molar-refractivity contribution in [2.75, 3.05) is 13.6 Å². The number of rotatable bonds is 4. The summed E-state index contributed by atoms with van der Waals surface area (Å²) in [5.74, 6) is -0.00306. The van der Waals surface area contributed by atoms with Crippen LogP contribution in [0.2, 0.25) is 0 Å². The van der Waals surface area contributed by atoms with Crippen molar-refractivity contribution in [2.24, 2.45) is 10.9 Å². The molecule has 0 atom stereocenters. The zero-order valence-electron chi connectivity index (χ0n) is 9.71. The average molecular weight is 262 g/mol. The summed E-state index contributed by atoms with van der Waals surface area (Å²) in [6, 6.07) is 0. The van der Waals surface area contributed by atoms with Crippen LogP contribution in [0.5, 0.6) is 0 Å². The molecule has 96 valence electrons. The molecule has 1 rings (SSSR count). The highest BCUT2D eigenvalue weighted by Gasteiger charge is 2.28. The number of hydrogen-bond donors (Lipinski definition) is 2. The van der Waals surface area contributed by atoms with Gasteiger partial charge < -0.3 is 15.5 Å². The zero-order chi connectivity index (χ0) is 13.2. The lowest BCUT2D eigenvalue weighted by Gasteiger charge is -2.15. The van der Waals surface area contributed by atoms with E-state index in [1.165, 1.54) is 20.9 Å². The van der Waals surface area contributed by atoms with Gasteiger partial charge >= 0.3 is 0 Å². The van der Waals surface area contributed by atoms with Crippen LogP contribution in [0.1, 0.15) is 11.5 Å². The number of amidine groups is 1. The summed E-state index contributed by atoms with van der Waals surface area (Å²) in [4.78, 5) is 0.00531. The van der Waals surface area contributed by atoms with E-state index in [0.717, 1.165) is 4.31 Å². The standard InChI is InChI=1S/C8H14N4O4S/c1-5-8(6(2)16-11-5)17(14,15)12(3)4-7(9)10-13/h13H,4H2,1-3H3,(H2,9,10). The first kappa shape index (κ1) is 13.5. The minimum absolute atomic E-state index is 0.00531. The number of aromatic nitrogens is 1. The topological polar surface area (TPSA) is 122 Å². The summed E-state index contributed by atoms with van der Waals surface area (Å²) in [7, 11) is -2.44. The van der Waals surface area contributed by atoms with E-state index in [0.29, 0.717) is 0 Å². The first-order chi connectivity index (χ1) is 7.80. The highest BCUT2D eigenvalue weighted by molar-refractivity contribution is 7.89. The second-order valence-corrected chi connectivity index (χ2v) is 5.49. The van der Waals surface area contributed by atoms with Gasteiger partial charge in [-0.25, -0.2) is 8.42 Å². The van der Waals surface area contributed by atoms with E-state index in [-0.39, 0.29) is 28.7 Å². The summed E-state index contributed by atoms with van der Waals surface area (Å²) in [5, 5.41) is 14.7. The molecule has 0 aromatic carbocycles. The summed E-state index contributed by atoms with van der Waals surface area (Å²) >= 11 is 0. The smallest absolute Gasteiger partial charge is 0.248 e. The molecule has 0 spiro atoms. The maximum Gasteiger partial charge on any atom is 0.248 e. The van der Waals surface area contributed by atoms with Crippen molar-refractivity contribution in [1.29, 1.82) is 0 Å². The fraction of sp³-hybridized carbons (Fsp3) is 0.500. The molecule has 1 aromatic rings. The monoisotopic (exact) mass is 262 g/mol. The van der Waals surface area contributed by atoms with Gasteiger partial charge in [0, 0.05) is 7.05 Å². The molecule has 0 saturated heterocycles. The number of likely N-dealkylation sites (N-methyl/N-ethyl adjacent to an activating group) is 1. The van der Waals surface area contributed by atoms with Crippen molar-refractivity contribution < 1.29 is 18.1 Å². The van der Waals surface area contributed by atoms with Gasteiger partial charge in [0.25, 0.3) is 0 Å². The Hall–Kier alpha value is -1.61. The third-order valence-electron chi connectivity index (χ3n) is 2.15. The van der Waals surface area contributed by atoms with Crippen LogP contribution in [0.15, 0.2) is 14.6 Å². The van der Waals surface area contributed by atoms with E-state index in [1.807, 2.05) is 0 Å². The van der Waals surface area contributed by atoms with Crippen LogP contribution in [-0.2, 0) is 10.0 Å². The second-order valence-electron chi connectivity index (χ2n) is 3.51. The minimum atomic E-state index is -3.76. The van der Waals surface area contributed by atoms with Gasteiger partial charge in [0.15, 0.2) is 11.6 Å². The molecule has 9 heteroatoms. The van der Waals surface area contributed by atoms with Gasteiger partial charge in [-0.05, 0) is 13.8 Å². The highest BCUT2D eigenvalue weighted by atomic mass is 32.2. The van der Waals surface area contributed by atoms with Crippen LogP contribution in [0.25, 0.3) is 0 Å². The minimum Gasteiger partial charge on any atom is -0.409 e. The molecule has 8 nitrogen and oxygen atoms in total. The molecule has 0 unspecified atom stereocenters. The molecule has 3 N–H and O–H groups in total. The zero-order valence-corrected chi connectivity index (χ0v) is 10.5. The molecule has 1 heterocycles. The number of aryl methyl sites for hydroxylation is 2. The van der Waals surface area contributed by atoms with Gasteiger partial charge in [-0.3, -0.25) is 0 Å². The predicted molar refractivity (Wildman–Crippen MR) is 59.2 cm³/mol. The van der Waals surface area contributed by atoms with Crippen molar-refractivity contribution in [2.45, 2.75) is 18.7 Å². The summed E-state index contributed by atoms with van der Waals surface area (Å²) < 4.78 is 30.0. The Morgan fingerprint density at radius 2 is 2.18 bits per heavy atom. The number of oxime groups is 1. The molecule has 0 radical (unpaired) electrons. The van der Waals surface area contributed by atoms with Crippen molar-refractivity contribution in [3.05, 3.63) is 11.5 Å². The Bertz CT molecular complexity index is 514. The number of nitrogens with two attached hydrogens (primary N) is 1. The van der Waals surface area contributed by atoms with Crippen LogP contribution >= 0.6 is 0 Å². The maximum absolute atomic E-state index is 12.1. The quantitative estimate of drug-likeness (QED) is 0.331. The fourth-order valence-electron chi connectivity index (χ4n) is 1.34. The van der Waals surface area contributed by atoms with Crippen LogP contribution in [0.3, 0.4) is 0 Å². The Morgan fingerprint density at radius 3 is 2.59 bits per heavy atom. The van der Waals surface area contributed by atoms with Crippen molar-refractivity contribution in [3.8, 4) is 0 Å². The Balaban J connectivity index is 3.12. The molecule has 0 fully saturated rings. The maximum atomic E-state index is 12.1. The fourth-order valence-corrected chi connectivity index (χ4v) is 2.77. The molecule has 0 aliphatic heterocycles. The predicted octanol–water partition coefficient (Wildman–Crippen LogP) is -0.342. The molecule has 17 heavy (non-hydrogen) atoms. The normalized spacial score (nSPS) is 13.3. The Kier molecular flexibility index (Phi) is 3.73. The molecule has 0 saturated carbocycles. The molecule has 0 aliphatic carbocycles. The van der Waals surface area contributed by atoms with Gasteiger partial charge in [0.05, 0.1) is 6.54 Å². The number of sulfonamides is 1. The van der Waals surface area contributed by atoms with Crippen molar-refractivity contribution in [1.82, 2.24) is 9.46 Å². The SMILES string of the molecule is Cc1noc(C)c1S(=O)(=O)N(C)CC(N)=NO. The van der Waals surface area contributed by atoms with E-state index < -0.39 is 10.0 Å². The third kappa shape index (κ3) is 2.56. The average Bonchev–Trinajstić information content (AvgIpc) is 2.58. The summed E-state index contributed by atoms with van der Waals surface area (Å²) in [6.45, 7) is 2.81. The van der Waals surface area contributed by atoms with Gasteiger partial charge in [-0.1, -0.05) is 10.3 Å². The summed E-state index contributed by atoms with van der Waals surface area (Å²) in [6.07, 6.45) is 0. The van der Waals surface area contributed by atoms with E-state index in [4.69, 9.17) is 15.5 Å². The van der Waals surface area contributed by atoms with Gasteiger partial charge in [0.2, 0.25) is 10.0 Å². The molecular formula is C8H14N4O4S. The largest absolute Gasteiger partial charge is 0.409 e. The van der Waals surface area contributed by atoms with Crippen molar-refractivity contribution in [3.63, 3.8) is 0 Å². The Morgan fingerprint density at radius 1 is 1.59 bits per heavy atom. The van der Waals surface area contributed by atoms with Crippen LogP contribution in [-0.4, -0.2) is 42.5 Å². The summed E-state index contributed by atoms with van der Waals surface area (Å²) in [5.41, 5.74) is 5.53. The van der Waals surface area contributed by atoms with Crippen LogP contribution < -0.4 is 5.73 Å². The third-order valence-corrected chi connectivity index (χ3v) is 4.20. The molecule has 1 aromatic heterocycles. The van der Waals surface area contributed by atoms with E-state index in [1.54, 1.807) is 0 Å². The second kappa shape index (κ2) is 4.72. The number of hydrogen-bond acceptors (Lipinski definition) is 6. The molecule has 0 aliphatic rings. The lowest BCUT2D eigenvalue weighted by Crippen LogP contribution is -2.35. The first-order valence-electron chi connectivity index (χ1n) is 4.66. The van der Waals surface area contributed by atoms with E-state index >= 15 is 0 Å².